The molecule has 10 atom stereocenters. The van der Waals surface area contributed by atoms with Gasteiger partial charge in [-0.2, -0.15) is 0 Å². The van der Waals surface area contributed by atoms with Gasteiger partial charge in [-0.25, -0.2) is 0 Å². The van der Waals surface area contributed by atoms with E-state index in [9.17, 15) is 25.2 Å². The molecule has 6 nitrogen and oxygen atoms in total. The number of fused-ring (bicyclic) bond motifs is 5. The van der Waals surface area contributed by atoms with E-state index in [1.54, 1.807) is 13.8 Å². The average molecular weight is 521 g/mol. The fourth-order valence-corrected chi connectivity index (χ4v) is 8.98. The first-order valence-electron chi connectivity index (χ1n) is 14.8. The summed E-state index contributed by atoms with van der Waals surface area (Å²) in [6, 6.07) is 0. The number of ketones is 1. The van der Waals surface area contributed by atoms with Gasteiger partial charge in [0.2, 0.25) is 0 Å². The highest BCUT2D eigenvalue weighted by molar-refractivity contribution is 5.94. The number of hydrogen-bond donors (Lipinski definition) is 4. The number of unbranched alkanes of at least 4 members (excludes halogenated alkanes) is 1. The summed E-state index contributed by atoms with van der Waals surface area (Å²) >= 11 is 0. The van der Waals surface area contributed by atoms with Crippen LogP contribution in [0.5, 0.6) is 0 Å². The molecule has 0 radical (unpaired) electrons. The van der Waals surface area contributed by atoms with Crippen molar-refractivity contribution in [1.82, 2.24) is 0 Å². The van der Waals surface area contributed by atoms with Crippen molar-refractivity contribution in [1.29, 1.82) is 0 Å². The van der Waals surface area contributed by atoms with Crippen LogP contribution in [-0.2, 0) is 9.53 Å². The summed E-state index contributed by atoms with van der Waals surface area (Å²) < 4.78 is 6.33. The summed E-state index contributed by atoms with van der Waals surface area (Å²) in [7, 11) is 0. The molecule has 0 spiro atoms. The fraction of sp³-hybridized carbons (Fsp3) is 0.903. The van der Waals surface area contributed by atoms with Gasteiger partial charge in [-0.3, -0.25) is 4.79 Å². The van der Waals surface area contributed by atoms with E-state index in [0.29, 0.717) is 32.3 Å². The van der Waals surface area contributed by atoms with Crippen LogP contribution in [0.2, 0.25) is 0 Å². The predicted molar refractivity (Wildman–Crippen MR) is 144 cm³/mol. The SMILES string of the molecule is CCCCOC(CCC(C)(C)O)[C@](C)(O)C1CCC2C3=CC(=O)C4CC(O)C(O)CC4(C)C3CCC21C. The smallest absolute Gasteiger partial charge is 0.159 e. The minimum Gasteiger partial charge on any atom is -0.390 e. The third-order valence-electron chi connectivity index (χ3n) is 11.1. The molecule has 0 aliphatic heterocycles. The second kappa shape index (κ2) is 10.3. The second-order valence-electron chi connectivity index (χ2n) is 14.2. The maximum Gasteiger partial charge on any atom is 0.159 e. The first kappa shape index (κ1) is 29.2. The van der Waals surface area contributed by atoms with E-state index in [4.69, 9.17) is 4.74 Å². The molecule has 0 aromatic heterocycles. The van der Waals surface area contributed by atoms with Crippen LogP contribution in [0.25, 0.3) is 0 Å². The van der Waals surface area contributed by atoms with Crippen molar-refractivity contribution in [2.45, 2.75) is 135 Å². The van der Waals surface area contributed by atoms with E-state index in [2.05, 4.69) is 20.8 Å². The topological polar surface area (TPSA) is 107 Å². The van der Waals surface area contributed by atoms with Gasteiger partial charge in [0.1, 0.15) is 0 Å². The van der Waals surface area contributed by atoms with Gasteiger partial charge < -0.3 is 25.2 Å². The van der Waals surface area contributed by atoms with Crippen LogP contribution in [0.4, 0.5) is 0 Å². The van der Waals surface area contributed by atoms with Crippen LogP contribution in [0.3, 0.4) is 0 Å². The van der Waals surface area contributed by atoms with Gasteiger partial charge in [-0.15, -0.1) is 0 Å². The number of aliphatic hydroxyl groups excluding tert-OH is 2. The van der Waals surface area contributed by atoms with E-state index in [1.807, 2.05) is 13.0 Å². The van der Waals surface area contributed by atoms with Crippen LogP contribution in [0.15, 0.2) is 11.6 Å². The van der Waals surface area contributed by atoms with E-state index >= 15 is 0 Å². The van der Waals surface area contributed by atoms with Crippen molar-refractivity contribution in [2.75, 3.05) is 6.61 Å². The zero-order chi connectivity index (χ0) is 27.4. The largest absolute Gasteiger partial charge is 0.390 e. The Morgan fingerprint density at radius 1 is 1.03 bits per heavy atom. The minimum absolute atomic E-state index is 0.0275. The Bertz CT molecular complexity index is 873. The van der Waals surface area contributed by atoms with Gasteiger partial charge in [0.25, 0.3) is 0 Å². The third-order valence-corrected chi connectivity index (χ3v) is 11.1. The van der Waals surface area contributed by atoms with E-state index in [0.717, 1.165) is 38.5 Å². The Hall–Kier alpha value is -0.790. The third kappa shape index (κ3) is 5.23. The molecule has 4 aliphatic rings. The number of carbonyl (C=O) groups is 1. The van der Waals surface area contributed by atoms with Crippen LogP contribution in [-0.4, -0.2) is 62.3 Å². The summed E-state index contributed by atoms with van der Waals surface area (Å²) in [6.07, 6.45) is 7.56. The maximum atomic E-state index is 13.4. The molecule has 9 unspecified atom stereocenters. The van der Waals surface area contributed by atoms with Crippen molar-refractivity contribution in [3.05, 3.63) is 11.6 Å². The molecule has 3 saturated carbocycles. The van der Waals surface area contributed by atoms with Crippen LogP contribution < -0.4 is 0 Å². The Balaban J connectivity index is 1.61. The van der Waals surface area contributed by atoms with Crippen molar-refractivity contribution >= 4 is 5.78 Å². The van der Waals surface area contributed by atoms with Crippen molar-refractivity contribution in [2.24, 2.45) is 34.5 Å². The summed E-state index contributed by atoms with van der Waals surface area (Å²) in [4.78, 5) is 13.4. The molecule has 4 rings (SSSR count). The molecule has 0 heterocycles. The molecule has 0 aromatic rings. The van der Waals surface area contributed by atoms with Gasteiger partial charge in [0.05, 0.1) is 29.5 Å². The zero-order valence-electron chi connectivity index (χ0n) is 24.0. The zero-order valence-corrected chi connectivity index (χ0v) is 24.0. The lowest BCUT2D eigenvalue weighted by molar-refractivity contribution is -0.165. The molecule has 212 valence electrons. The van der Waals surface area contributed by atoms with E-state index < -0.39 is 23.4 Å². The number of allylic oxidation sites excluding steroid dienone is 2. The number of aliphatic hydroxyl groups is 4. The number of hydrogen-bond acceptors (Lipinski definition) is 6. The molecule has 4 aliphatic carbocycles. The average Bonchev–Trinajstić information content (AvgIpc) is 3.15. The summed E-state index contributed by atoms with van der Waals surface area (Å²) in [5, 5.41) is 43.4. The Labute approximate surface area is 223 Å². The minimum atomic E-state index is -1.05. The van der Waals surface area contributed by atoms with Crippen molar-refractivity contribution < 1.29 is 30.0 Å². The first-order valence-corrected chi connectivity index (χ1v) is 14.8. The highest BCUT2D eigenvalue weighted by atomic mass is 16.5. The molecule has 0 saturated heterocycles. The van der Waals surface area contributed by atoms with Crippen LogP contribution in [0, 0.1) is 34.5 Å². The van der Waals surface area contributed by atoms with Gasteiger partial charge in [0.15, 0.2) is 5.78 Å². The Kier molecular flexibility index (Phi) is 8.14. The molecule has 6 heteroatoms. The number of carbonyl (C=O) groups excluding carboxylic acids is 1. The van der Waals surface area contributed by atoms with Gasteiger partial charge in [-0.1, -0.05) is 32.8 Å². The molecule has 4 N–H and O–H groups in total. The van der Waals surface area contributed by atoms with Gasteiger partial charge in [0, 0.05) is 12.5 Å². The molecular formula is C31H52O6. The highest BCUT2D eigenvalue weighted by Gasteiger charge is 2.63. The summed E-state index contributed by atoms with van der Waals surface area (Å²) in [6.45, 7) is 12.7. The maximum absolute atomic E-state index is 13.4. The lowest BCUT2D eigenvalue weighted by Crippen LogP contribution is -2.57. The quantitative estimate of drug-likeness (QED) is 0.332. The van der Waals surface area contributed by atoms with Crippen LogP contribution in [0.1, 0.15) is 106 Å². The predicted octanol–water partition coefficient (Wildman–Crippen LogP) is 4.56. The standard InChI is InChI=1S/C31H52O6/c1-7-8-15-37-27(12-13-28(2,3)35)31(6,36)26-10-9-20-19-16-23(32)22-17-24(33)25(34)18-30(22,5)21(19)11-14-29(20,26)4/h16,20-22,24-27,33-36H,7-15,17-18H2,1-6H3/t20?,21?,22?,24?,25?,26?,27?,29?,30?,31-/m1/s1. The van der Waals surface area contributed by atoms with Crippen molar-refractivity contribution in [3.63, 3.8) is 0 Å². The summed E-state index contributed by atoms with van der Waals surface area (Å²) in [5.74, 6) is 0.345. The fourth-order valence-electron chi connectivity index (χ4n) is 8.98. The second-order valence-corrected chi connectivity index (χ2v) is 14.2. The molecule has 37 heavy (non-hydrogen) atoms. The van der Waals surface area contributed by atoms with E-state index in [-0.39, 0.29) is 46.4 Å². The molecule has 0 aromatic carbocycles. The van der Waals surface area contributed by atoms with E-state index in [1.165, 1.54) is 5.57 Å². The first-order chi connectivity index (χ1) is 17.1. The lowest BCUT2D eigenvalue weighted by atomic mass is 9.47. The summed E-state index contributed by atoms with van der Waals surface area (Å²) in [5.41, 5.74) is -1.13. The normalized spacial score (nSPS) is 42.3. The van der Waals surface area contributed by atoms with Crippen LogP contribution >= 0.6 is 0 Å². The Morgan fingerprint density at radius 2 is 1.70 bits per heavy atom. The molecular weight excluding hydrogens is 468 g/mol. The lowest BCUT2D eigenvalue weighted by Gasteiger charge is -2.58. The highest BCUT2D eigenvalue weighted by Crippen LogP contribution is 2.67. The monoisotopic (exact) mass is 520 g/mol. The van der Waals surface area contributed by atoms with Gasteiger partial charge >= 0.3 is 0 Å². The molecule has 0 amide bonds. The number of rotatable bonds is 9. The van der Waals surface area contributed by atoms with Gasteiger partial charge in [-0.05, 0) is 113 Å². The van der Waals surface area contributed by atoms with Crippen molar-refractivity contribution in [3.8, 4) is 0 Å². The number of ether oxygens (including phenoxy) is 1. The molecule has 3 fully saturated rings. The Morgan fingerprint density at radius 3 is 2.35 bits per heavy atom. The molecule has 0 bridgehead atoms.